The number of hydrogen-bond acceptors (Lipinski definition) is 4. The van der Waals surface area contributed by atoms with E-state index in [1.807, 2.05) is 0 Å². The van der Waals surface area contributed by atoms with Crippen LogP contribution in [0.25, 0.3) is 16.6 Å². The molecule has 0 saturated carbocycles. The molecule has 6 rings (SSSR count). The number of likely N-dealkylation sites (tertiary alicyclic amines) is 1. The topological polar surface area (TPSA) is 77.0 Å². The number of amides is 1. The summed E-state index contributed by atoms with van der Waals surface area (Å²) in [6, 6.07) is 15.3. The van der Waals surface area contributed by atoms with Gasteiger partial charge in [-0.05, 0) is 105 Å². The fourth-order valence-corrected chi connectivity index (χ4v) is 6.29. The number of imidazole rings is 1. The number of carbonyl (C=O) groups is 1. The summed E-state index contributed by atoms with van der Waals surface area (Å²) >= 11 is 0. The first-order valence-corrected chi connectivity index (χ1v) is 13.1. The Morgan fingerprint density at radius 1 is 1.06 bits per heavy atom. The maximum Gasteiger partial charge on any atom is 0.269 e. The van der Waals surface area contributed by atoms with Gasteiger partial charge in [0, 0.05) is 17.6 Å². The zero-order valence-corrected chi connectivity index (χ0v) is 21.1. The third-order valence-corrected chi connectivity index (χ3v) is 8.22. The van der Waals surface area contributed by atoms with Gasteiger partial charge in [-0.1, -0.05) is 24.3 Å². The molecule has 2 aliphatic heterocycles. The van der Waals surface area contributed by atoms with Crippen LogP contribution in [0.1, 0.15) is 62.9 Å². The van der Waals surface area contributed by atoms with Crippen LogP contribution in [0.5, 0.6) is 0 Å². The van der Waals surface area contributed by atoms with Crippen molar-refractivity contribution >= 4 is 16.8 Å². The lowest BCUT2D eigenvalue weighted by molar-refractivity contribution is 0.0995. The molecule has 1 amide bonds. The van der Waals surface area contributed by atoms with Gasteiger partial charge < -0.3 is 15.2 Å². The number of benzene rings is 2. The van der Waals surface area contributed by atoms with Crippen LogP contribution in [-0.4, -0.2) is 45.0 Å². The molecular formula is C30H33N5O. The van der Waals surface area contributed by atoms with Crippen molar-refractivity contribution in [3.63, 3.8) is 0 Å². The molecule has 0 bridgehead atoms. The molecule has 0 radical (unpaired) electrons. The van der Waals surface area contributed by atoms with Crippen LogP contribution >= 0.6 is 0 Å². The van der Waals surface area contributed by atoms with Crippen molar-refractivity contribution < 1.29 is 4.79 Å². The third-order valence-electron chi connectivity index (χ3n) is 8.22. The van der Waals surface area contributed by atoms with Crippen molar-refractivity contribution in [2.45, 2.75) is 51.9 Å². The highest BCUT2D eigenvalue weighted by Crippen LogP contribution is 2.34. The van der Waals surface area contributed by atoms with Crippen LogP contribution in [-0.2, 0) is 19.3 Å². The number of fused-ring (bicyclic) bond motifs is 4. The molecule has 1 saturated heterocycles. The van der Waals surface area contributed by atoms with E-state index in [9.17, 15) is 4.79 Å². The lowest BCUT2D eigenvalue weighted by atomic mass is 9.86. The number of nitrogens with two attached hydrogens (primary N) is 1. The molecule has 0 unspecified atom stereocenters. The van der Waals surface area contributed by atoms with Gasteiger partial charge in [0.15, 0.2) is 0 Å². The van der Waals surface area contributed by atoms with Crippen molar-refractivity contribution in [1.29, 1.82) is 0 Å². The maximum absolute atomic E-state index is 11.8. The summed E-state index contributed by atoms with van der Waals surface area (Å²) in [6.45, 7) is 7.60. The summed E-state index contributed by atoms with van der Waals surface area (Å²) in [7, 11) is 0. The smallest absolute Gasteiger partial charge is 0.269 e. The molecule has 2 aromatic carbocycles. The Hall–Kier alpha value is -3.51. The van der Waals surface area contributed by atoms with Crippen molar-refractivity contribution in [3.8, 4) is 5.69 Å². The number of nitrogens with zero attached hydrogens (tertiary/aromatic N) is 4. The number of pyridine rings is 1. The van der Waals surface area contributed by atoms with Gasteiger partial charge in [0.25, 0.3) is 5.91 Å². The Bertz CT molecular complexity index is 1460. The average Bonchev–Trinajstić information content (AvgIpc) is 3.33. The zero-order chi connectivity index (χ0) is 24.8. The zero-order valence-electron chi connectivity index (χ0n) is 21.1. The second kappa shape index (κ2) is 9.17. The molecule has 4 heterocycles. The minimum Gasteiger partial charge on any atom is -0.364 e. The van der Waals surface area contributed by atoms with Crippen molar-refractivity contribution in [2.24, 2.45) is 5.73 Å². The second-order valence-electron chi connectivity index (χ2n) is 10.4. The summed E-state index contributed by atoms with van der Waals surface area (Å²) in [5.41, 5.74) is 15.9. The lowest BCUT2D eigenvalue weighted by Gasteiger charge is -2.33. The Balaban J connectivity index is 1.16. The first kappa shape index (κ1) is 22.9. The fraction of sp³-hybridized carbons (Fsp3) is 0.367. The van der Waals surface area contributed by atoms with Gasteiger partial charge in [0.2, 0.25) is 0 Å². The number of aryl methyl sites for hydroxylation is 2. The molecule has 36 heavy (non-hydrogen) atoms. The number of primary amides is 1. The summed E-state index contributed by atoms with van der Waals surface area (Å²) < 4.78 is 2.06. The molecule has 4 aromatic rings. The van der Waals surface area contributed by atoms with E-state index in [0.29, 0.717) is 11.6 Å². The predicted octanol–water partition coefficient (Wildman–Crippen LogP) is 4.66. The molecular weight excluding hydrogens is 446 g/mol. The molecule has 2 N–H and O–H groups in total. The Kier molecular flexibility index (Phi) is 5.84. The minimum absolute atomic E-state index is 0.405. The standard InChI is InChI=1S/C30H33N5O/c1-19-6-10-27-25(9-11-28-29(30(31)36)32-18-35(27)28)22(19)14-17-34-15-12-21(13-16-34)23-4-3-5-26-24(23)8-7-20(2)33-26/h3-8,10,18,21H,9,11-17H2,1-2H3,(H2,31,36). The molecule has 0 aliphatic carbocycles. The van der Waals surface area contributed by atoms with Gasteiger partial charge >= 0.3 is 0 Å². The molecule has 1 fully saturated rings. The first-order chi connectivity index (χ1) is 17.5. The monoisotopic (exact) mass is 479 g/mol. The molecule has 2 aromatic heterocycles. The first-order valence-electron chi connectivity index (χ1n) is 13.1. The van der Waals surface area contributed by atoms with E-state index in [1.165, 1.54) is 40.5 Å². The largest absolute Gasteiger partial charge is 0.364 e. The quantitative estimate of drug-likeness (QED) is 0.452. The summed E-state index contributed by atoms with van der Waals surface area (Å²) in [4.78, 5) is 23.4. The van der Waals surface area contributed by atoms with Crippen molar-refractivity contribution in [1.82, 2.24) is 19.4 Å². The SMILES string of the molecule is Cc1ccc2c(C3CCN(CCc4c(C)ccc5c4CCc4c(C(N)=O)ncn4-5)CC3)cccc2n1. The third kappa shape index (κ3) is 3.99. The maximum atomic E-state index is 11.8. The summed E-state index contributed by atoms with van der Waals surface area (Å²) in [5, 5.41) is 1.31. The molecule has 6 heteroatoms. The summed E-state index contributed by atoms with van der Waals surface area (Å²) in [6.07, 6.45) is 6.90. The Morgan fingerprint density at radius 3 is 2.69 bits per heavy atom. The van der Waals surface area contributed by atoms with E-state index in [2.05, 4.69) is 70.8 Å². The van der Waals surface area contributed by atoms with E-state index >= 15 is 0 Å². The van der Waals surface area contributed by atoms with E-state index in [-0.39, 0.29) is 0 Å². The lowest BCUT2D eigenvalue weighted by Crippen LogP contribution is -2.34. The molecule has 0 atom stereocenters. The molecule has 6 nitrogen and oxygen atoms in total. The molecule has 2 aliphatic rings. The van der Waals surface area contributed by atoms with Gasteiger partial charge in [-0.3, -0.25) is 9.78 Å². The van der Waals surface area contributed by atoms with Crippen LogP contribution < -0.4 is 5.73 Å². The van der Waals surface area contributed by atoms with Gasteiger partial charge in [-0.2, -0.15) is 0 Å². The Labute approximate surface area is 212 Å². The number of aromatic nitrogens is 3. The average molecular weight is 480 g/mol. The van der Waals surface area contributed by atoms with Crippen LogP contribution in [0.4, 0.5) is 0 Å². The summed E-state index contributed by atoms with van der Waals surface area (Å²) in [5.74, 6) is 0.151. The predicted molar refractivity (Wildman–Crippen MR) is 143 cm³/mol. The van der Waals surface area contributed by atoms with E-state index in [0.717, 1.165) is 61.5 Å². The molecule has 184 valence electrons. The van der Waals surface area contributed by atoms with Crippen LogP contribution in [0, 0.1) is 13.8 Å². The van der Waals surface area contributed by atoms with Crippen LogP contribution in [0.15, 0.2) is 48.8 Å². The highest BCUT2D eigenvalue weighted by atomic mass is 16.1. The normalized spacial score (nSPS) is 16.2. The number of piperidine rings is 1. The highest BCUT2D eigenvalue weighted by Gasteiger charge is 2.26. The van der Waals surface area contributed by atoms with Gasteiger partial charge in [0.1, 0.15) is 12.0 Å². The van der Waals surface area contributed by atoms with Crippen LogP contribution in [0.3, 0.4) is 0 Å². The van der Waals surface area contributed by atoms with Gasteiger partial charge in [0.05, 0.1) is 16.9 Å². The second-order valence-corrected chi connectivity index (χ2v) is 10.4. The fourth-order valence-electron chi connectivity index (χ4n) is 6.29. The number of carbonyl (C=O) groups excluding carboxylic acids is 1. The Morgan fingerprint density at radius 2 is 1.89 bits per heavy atom. The van der Waals surface area contributed by atoms with E-state index in [1.54, 1.807) is 6.33 Å². The van der Waals surface area contributed by atoms with Gasteiger partial charge in [-0.25, -0.2) is 4.98 Å². The molecule has 0 spiro atoms. The number of rotatable bonds is 5. The van der Waals surface area contributed by atoms with E-state index in [4.69, 9.17) is 10.7 Å². The highest BCUT2D eigenvalue weighted by molar-refractivity contribution is 5.92. The minimum atomic E-state index is -0.446. The number of hydrogen-bond donors (Lipinski definition) is 1. The van der Waals surface area contributed by atoms with E-state index < -0.39 is 5.91 Å². The van der Waals surface area contributed by atoms with Crippen LogP contribution in [0.2, 0.25) is 0 Å². The van der Waals surface area contributed by atoms with Crippen molar-refractivity contribution in [3.05, 3.63) is 88.1 Å². The van der Waals surface area contributed by atoms with Crippen molar-refractivity contribution in [2.75, 3.05) is 19.6 Å². The van der Waals surface area contributed by atoms with Gasteiger partial charge in [-0.15, -0.1) is 0 Å².